The summed E-state index contributed by atoms with van der Waals surface area (Å²) >= 11 is 0. The molecule has 2 heteroatoms. The van der Waals surface area contributed by atoms with Crippen LogP contribution in [0.4, 0.5) is 0 Å². The van der Waals surface area contributed by atoms with Gasteiger partial charge in [0.25, 0.3) is 0 Å². The van der Waals surface area contributed by atoms with E-state index in [2.05, 4.69) is 13.0 Å². The molecule has 0 aliphatic rings. The zero-order valence-corrected chi connectivity index (χ0v) is 11.4. The van der Waals surface area contributed by atoms with Crippen LogP contribution in [0.15, 0.2) is 30.3 Å². The minimum Gasteiger partial charge on any atom is -0.508 e. The van der Waals surface area contributed by atoms with E-state index in [4.69, 9.17) is 0 Å². The van der Waals surface area contributed by atoms with Crippen molar-refractivity contribution in [2.24, 2.45) is 0 Å². The second-order valence-electron chi connectivity index (χ2n) is 4.81. The molecule has 100 valence electrons. The zero-order chi connectivity index (χ0) is 13.4. The molecular weight excluding hydrogens is 224 g/mol. The number of aliphatic hydroxyl groups excluding tert-OH is 1. The molecule has 1 aromatic carbocycles. The van der Waals surface area contributed by atoms with Crippen molar-refractivity contribution in [1.82, 2.24) is 0 Å². The predicted octanol–water partition coefficient (Wildman–Crippen LogP) is 4.13. The van der Waals surface area contributed by atoms with Gasteiger partial charge in [0.1, 0.15) is 5.75 Å². The summed E-state index contributed by atoms with van der Waals surface area (Å²) in [5.74, 6) is 0.295. The molecule has 1 unspecified atom stereocenters. The molecule has 0 bridgehead atoms. The first-order valence-electron chi connectivity index (χ1n) is 6.77. The van der Waals surface area contributed by atoms with Gasteiger partial charge >= 0.3 is 0 Å². The topological polar surface area (TPSA) is 40.5 Å². The van der Waals surface area contributed by atoms with Crippen molar-refractivity contribution in [1.29, 1.82) is 0 Å². The Morgan fingerprint density at radius 2 is 2.11 bits per heavy atom. The van der Waals surface area contributed by atoms with Crippen molar-refractivity contribution in [3.63, 3.8) is 0 Å². The number of hydrogen-bond acceptors (Lipinski definition) is 2. The fourth-order valence-electron chi connectivity index (χ4n) is 1.95. The highest BCUT2D eigenvalue weighted by Crippen LogP contribution is 2.20. The second-order valence-corrected chi connectivity index (χ2v) is 4.81. The van der Waals surface area contributed by atoms with Crippen molar-refractivity contribution in [2.45, 2.75) is 52.1 Å². The summed E-state index contributed by atoms with van der Waals surface area (Å²) in [5, 5.41) is 19.1. The highest BCUT2D eigenvalue weighted by molar-refractivity contribution is 5.64. The van der Waals surface area contributed by atoms with E-state index in [0.29, 0.717) is 5.75 Å². The molecule has 2 N–H and O–H groups in total. The fourth-order valence-corrected chi connectivity index (χ4v) is 1.95. The molecule has 0 saturated carbocycles. The third-order valence-electron chi connectivity index (χ3n) is 3.14. The minimum atomic E-state index is -0.182. The molecule has 0 heterocycles. The molecule has 1 rings (SSSR count). The summed E-state index contributed by atoms with van der Waals surface area (Å²) in [6, 6.07) is 7.27. The van der Waals surface area contributed by atoms with Gasteiger partial charge < -0.3 is 10.2 Å². The van der Waals surface area contributed by atoms with Crippen LogP contribution in [0, 0.1) is 0 Å². The molecule has 0 spiro atoms. The maximum atomic E-state index is 9.74. The van der Waals surface area contributed by atoms with E-state index in [-0.39, 0.29) is 6.10 Å². The van der Waals surface area contributed by atoms with Gasteiger partial charge in [-0.2, -0.15) is 0 Å². The van der Waals surface area contributed by atoms with Gasteiger partial charge in [-0.05, 0) is 49.5 Å². The highest BCUT2D eigenvalue weighted by atomic mass is 16.3. The molecule has 0 saturated heterocycles. The van der Waals surface area contributed by atoms with Crippen LogP contribution < -0.4 is 0 Å². The quantitative estimate of drug-likeness (QED) is 0.761. The Kier molecular flexibility index (Phi) is 6.51. The van der Waals surface area contributed by atoms with Crippen molar-refractivity contribution >= 4 is 5.57 Å². The predicted molar refractivity (Wildman–Crippen MR) is 76.5 cm³/mol. The van der Waals surface area contributed by atoms with Gasteiger partial charge in [0.2, 0.25) is 0 Å². The Hall–Kier alpha value is -1.28. The number of phenolic OH excluding ortho intramolecular Hbond substituents is 1. The maximum absolute atomic E-state index is 9.74. The number of allylic oxidation sites excluding steroid dienone is 2. The summed E-state index contributed by atoms with van der Waals surface area (Å²) in [5.41, 5.74) is 2.19. The molecule has 0 radical (unpaired) electrons. The number of hydrogen-bond donors (Lipinski definition) is 2. The normalized spacial score (nSPS) is 13.6. The zero-order valence-electron chi connectivity index (χ0n) is 11.4. The molecule has 1 atom stereocenters. The summed E-state index contributed by atoms with van der Waals surface area (Å²) in [4.78, 5) is 0. The number of rotatable bonds is 7. The Balaban J connectivity index is 2.42. The lowest BCUT2D eigenvalue weighted by atomic mass is 10.0. The molecule has 0 aliphatic heterocycles. The van der Waals surface area contributed by atoms with Crippen LogP contribution in [0.3, 0.4) is 0 Å². The van der Waals surface area contributed by atoms with Gasteiger partial charge in [-0.25, -0.2) is 0 Å². The van der Waals surface area contributed by atoms with E-state index in [9.17, 15) is 10.2 Å². The largest absolute Gasteiger partial charge is 0.508 e. The Labute approximate surface area is 110 Å². The number of phenols is 1. The van der Waals surface area contributed by atoms with Crippen LogP contribution in [0.25, 0.3) is 5.57 Å². The summed E-state index contributed by atoms with van der Waals surface area (Å²) < 4.78 is 0. The third-order valence-corrected chi connectivity index (χ3v) is 3.14. The van der Waals surface area contributed by atoms with E-state index >= 15 is 0 Å². The van der Waals surface area contributed by atoms with E-state index in [1.165, 1.54) is 0 Å². The van der Waals surface area contributed by atoms with Crippen molar-refractivity contribution in [2.75, 3.05) is 0 Å². The van der Waals surface area contributed by atoms with Crippen LogP contribution in [-0.4, -0.2) is 16.3 Å². The van der Waals surface area contributed by atoms with E-state index < -0.39 is 0 Å². The molecule has 0 fully saturated rings. The summed E-state index contributed by atoms with van der Waals surface area (Å²) in [7, 11) is 0. The van der Waals surface area contributed by atoms with Crippen LogP contribution in [0.1, 0.15) is 51.5 Å². The van der Waals surface area contributed by atoms with Gasteiger partial charge in [0, 0.05) is 0 Å². The minimum absolute atomic E-state index is 0.182. The number of benzene rings is 1. The van der Waals surface area contributed by atoms with Gasteiger partial charge in [-0.1, -0.05) is 38.0 Å². The standard InChI is InChI=1S/C16H24O2/c1-3-4-9-15(17)10-5-7-13(2)14-8-6-11-16(18)12-14/h6-8,11-12,15,17-18H,3-5,9-10H2,1-2H3. The molecule has 2 nitrogen and oxygen atoms in total. The average molecular weight is 248 g/mol. The first kappa shape index (κ1) is 14.8. The van der Waals surface area contributed by atoms with Gasteiger partial charge in [-0.15, -0.1) is 0 Å². The Bertz CT molecular complexity index is 382. The number of unbranched alkanes of at least 4 members (excludes halogenated alkanes) is 1. The highest BCUT2D eigenvalue weighted by Gasteiger charge is 2.02. The van der Waals surface area contributed by atoms with Crippen molar-refractivity contribution < 1.29 is 10.2 Å². The molecule has 1 aromatic rings. The van der Waals surface area contributed by atoms with Gasteiger partial charge in [0.15, 0.2) is 0 Å². The lowest BCUT2D eigenvalue weighted by Crippen LogP contribution is -2.05. The van der Waals surface area contributed by atoms with Crippen LogP contribution in [0.5, 0.6) is 5.75 Å². The van der Waals surface area contributed by atoms with Crippen molar-refractivity contribution in [3.05, 3.63) is 35.9 Å². The van der Waals surface area contributed by atoms with Crippen LogP contribution in [-0.2, 0) is 0 Å². The SMILES string of the molecule is CCCCC(O)CCC=C(C)c1cccc(O)c1. The lowest BCUT2D eigenvalue weighted by molar-refractivity contribution is 0.153. The first-order chi connectivity index (χ1) is 8.63. The smallest absolute Gasteiger partial charge is 0.116 e. The number of aliphatic hydroxyl groups is 1. The summed E-state index contributed by atoms with van der Waals surface area (Å²) in [6.45, 7) is 4.17. The molecular formula is C16H24O2. The van der Waals surface area contributed by atoms with Gasteiger partial charge in [-0.3, -0.25) is 0 Å². The van der Waals surface area contributed by atoms with Crippen molar-refractivity contribution in [3.8, 4) is 5.75 Å². The number of aromatic hydroxyl groups is 1. The fraction of sp³-hybridized carbons (Fsp3) is 0.500. The van der Waals surface area contributed by atoms with Gasteiger partial charge in [0.05, 0.1) is 6.10 Å². The Morgan fingerprint density at radius 3 is 2.78 bits per heavy atom. The van der Waals surface area contributed by atoms with Crippen LogP contribution >= 0.6 is 0 Å². The van der Waals surface area contributed by atoms with E-state index in [1.807, 2.05) is 19.1 Å². The average Bonchev–Trinajstić information content (AvgIpc) is 2.36. The second kappa shape index (κ2) is 7.93. The molecule has 0 aliphatic carbocycles. The summed E-state index contributed by atoms with van der Waals surface area (Å²) in [6.07, 6.45) is 6.77. The van der Waals surface area contributed by atoms with E-state index in [0.717, 1.165) is 43.2 Å². The molecule has 0 amide bonds. The molecule has 0 aromatic heterocycles. The first-order valence-corrected chi connectivity index (χ1v) is 6.77. The van der Waals surface area contributed by atoms with Crippen LogP contribution in [0.2, 0.25) is 0 Å². The monoisotopic (exact) mass is 248 g/mol. The lowest BCUT2D eigenvalue weighted by Gasteiger charge is -2.08. The third kappa shape index (κ3) is 5.37. The maximum Gasteiger partial charge on any atom is 0.116 e. The Morgan fingerprint density at radius 1 is 1.33 bits per heavy atom. The molecule has 18 heavy (non-hydrogen) atoms. The van der Waals surface area contributed by atoms with E-state index in [1.54, 1.807) is 12.1 Å².